The van der Waals surface area contributed by atoms with Crippen molar-refractivity contribution in [3.63, 3.8) is 0 Å². The van der Waals surface area contributed by atoms with Crippen LogP contribution in [0.3, 0.4) is 0 Å². The summed E-state index contributed by atoms with van der Waals surface area (Å²) in [5, 5.41) is 0. The van der Waals surface area contributed by atoms with Crippen LogP contribution in [0.1, 0.15) is 46.1 Å². The summed E-state index contributed by atoms with van der Waals surface area (Å²) in [5.74, 6) is 1.25. The fraction of sp³-hybridized carbons (Fsp3) is 0.700. The first kappa shape index (κ1) is 16.8. The van der Waals surface area contributed by atoms with E-state index in [-0.39, 0.29) is 22.8 Å². The molecule has 0 bridgehead atoms. The molecular weight excluding hydrogens is 312 g/mol. The summed E-state index contributed by atoms with van der Waals surface area (Å²) < 4.78 is 0. The summed E-state index contributed by atoms with van der Waals surface area (Å²) in [6, 6.07) is 2.11. The van der Waals surface area contributed by atoms with Gasteiger partial charge in [-0.15, -0.1) is 0 Å². The van der Waals surface area contributed by atoms with Crippen molar-refractivity contribution in [3.8, 4) is 0 Å². The molecule has 3 aliphatic rings. The number of hydrogen-bond donors (Lipinski definition) is 0. The third kappa shape index (κ3) is 2.92. The summed E-state index contributed by atoms with van der Waals surface area (Å²) in [6.45, 7) is 12.3. The summed E-state index contributed by atoms with van der Waals surface area (Å²) in [7, 11) is 2.10. The van der Waals surface area contributed by atoms with E-state index in [9.17, 15) is 4.79 Å². The van der Waals surface area contributed by atoms with Gasteiger partial charge in [-0.3, -0.25) is 4.79 Å². The largest absolute Gasteiger partial charge is 0.340 e. The quantitative estimate of drug-likeness (QED) is 0.828. The van der Waals surface area contributed by atoms with Crippen molar-refractivity contribution in [1.29, 1.82) is 0 Å². The van der Waals surface area contributed by atoms with E-state index in [1.807, 2.05) is 11.1 Å². The number of carbonyl (C=O) groups excluding carboxylic acids is 1. The topological polar surface area (TPSA) is 39.7 Å². The molecule has 1 atom stereocenters. The fourth-order valence-electron chi connectivity index (χ4n) is 3.88. The van der Waals surface area contributed by atoms with Gasteiger partial charge in [0.25, 0.3) is 5.91 Å². The highest BCUT2D eigenvalue weighted by atomic mass is 16.2. The molecule has 5 heteroatoms. The first-order valence-electron chi connectivity index (χ1n) is 9.45. The molecule has 0 aromatic carbocycles. The molecule has 0 radical (unpaired) electrons. The lowest BCUT2D eigenvalue weighted by Gasteiger charge is -2.47. The average molecular weight is 342 g/mol. The third-order valence-electron chi connectivity index (χ3n) is 6.05. The SMILES string of the molecule is CN1CCN2c3ncc(C(C)(C)C)cc3N(CC3(C)CC3)C(=O)C2C1. The van der Waals surface area contributed by atoms with Gasteiger partial charge >= 0.3 is 0 Å². The first-order chi connectivity index (χ1) is 11.7. The fourth-order valence-corrected chi connectivity index (χ4v) is 3.88. The van der Waals surface area contributed by atoms with Gasteiger partial charge in [-0.25, -0.2) is 4.98 Å². The van der Waals surface area contributed by atoms with Gasteiger partial charge in [-0.05, 0) is 42.3 Å². The number of piperazine rings is 1. The first-order valence-corrected chi connectivity index (χ1v) is 9.45. The zero-order valence-corrected chi connectivity index (χ0v) is 16.2. The van der Waals surface area contributed by atoms with E-state index in [4.69, 9.17) is 4.98 Å². The molecule has 3 heterocycles. The van der Waals surface area contributed by atoms with Gasteiger partial charge in [0.1, 0.15) is 6.04 Å². The van der Waals surface area contributed by atoms with Crippen LogP contribution in [0.25, 0.3) is 0 Å². The highest BCUT2D eigenvalue weighted by Crippen LogP contribution is 2.48. The second-order valence-corrected chi connectivity index (χ2v) is 9.52. The Morgan fingerprint density at radius 1 is 1.28 bits per heavy atom. The molecule has 1 saturated carbocycles. The molecule has 1 unspecified atom stereocenters. The zero-order valence-electron chi connectivity index (χ0n) is 16.2. The minimum Gasteiger partial charge on any atom is -0.340 e. The summed E-state index contributed by atoms with van der Waals surface area (Å²) >= 11 is 0. The van der Waals surface area contributed by atoms with Gasteiger partial charge in [0.15, 0.2) is 5.82 Å². The van der Waals surface area contributed by atoms with E-state index in [1.54, 1.807) is 0 Å². The molecule has 1 amide bonds. The second kappa shape index (κ2) is 5.44. The standard InChI is InChI=1S/C20H30N4O/c1-19(2,3)14-10-15-17(21-11-14)23-9-8-22(5)12-16(23)18(25)24(15)13-20(4)6-7-20/h10-11,16H,6-9,12-13H2,1-5H3. The summed E-state index contributed by atoms with van der Waals surface area (Å²) in [5.41, 5.74) is 2.52. The van der Waals surface area contributed by atoms with Crippen LogP contribution in [-0.2, 0) is 10.2 Å². The van der Waals surface area contributed by atoms with E-state index in [0.717, 1.165) is 37.7 Å². The maximum absolute atomic E-state index is 13.4. The number of nitrogens with zero attached hydrogens (tertiary/aromatic N) is 4. The Morgan fingerprint density at radius 2 is 2.00 bits per heavy atom. The van der Waals surface area contributed by atoms with E-state index in [2.05, 4.69) is 50.6 Å². The number of carbonyl (C=O) groups is 1. The molecule has 1 aromatic heterocycles. The van der Waals surface area contributed by atoms with Crippen molar-refractivity contribution in [2.45, 2.75) is 52.0 Å². The number of rotatable bonds is 2. The molecule has 2 fully saturated rings. The van der Waals surface area contributed by atoms with Crippen molar-refractivity contribution in [2.75, 3.05) is 43.0 Å². The number of fused-ring (bicyclic) bond motifs is 3. The maximum Gasteiger partial charge on any atom is 0.251 e. The van der Waals surface area contributed by atoms with Gasteiger partial charge < -0.3 is 14.7 Å². The molecule has 0 spiro atoms. The van der Waals surface area contributed by atoms with E-state index >= 15 is 0 Å². The van der Waals surface area contributed by atoms with Crippen LogP contribution in [0.2, 0.25) is 0 Å². The van der Waals surface area contributed by atoms with Crippen molar-refractivity contribution in [1.82, 2.24) is 9.88 Å². The van der Waals surface area contributed by atoms with Crippen LogP contribution >= 0.6 is 0 Å². The molecule has 5 nitrogen and oxygen atoms in total. The lowest BCUT2D eigenvalue weighted by Crippen LogP contribution is -2.62. The molecule has 4 rings (SSSR count). The van der Waals surface area contributed by atoms with Crippen LogP contribution in [0.5, 0.6) is 0 Å². The summed E-state index contributed by atoms with van der Waals surface area (Å²) in [4.78, 5) is 24.7. The number of likely N-dealkylation sites (N-methyl/N-ethyl adjacent to an activating group) is 1. The predicted molar refractivity (Wildman–Crippen MR) is 101 cm³/mol. The Kier molecular flexibility index (Phi) is 3.66. The minimum absolute atomic E-state index is 0.0270. The smallest absolute Gasteiger partial charge is 0.251 e. The van der Waals surface area contributed by atoms with Gasteiger partial charge in [0.05, 0.1) is 5.69 Å². The Bertz CT molecular complexity index is 704. The van der Waals surface area contributed by atoms with E-state index < -0.39 is 0 Å². The highest BCUT2D eigenvalue weighted by molar-refractivity contribution is 6.05. The lowest BCUT2D eigenvalue weighted by atomic mass is 9.87. The van der Waals surface area contributed by atoms with Crippen LogP contribution in [0.15, 0.2) is 12.3 Å². The number of anilines is 2. The monoisotopic (exact) mass is 342 g/mol. The van der Waals surface area contributed by atoms with Crippen LogP contribution in [-0.4, -0.2) is 55.1 Å². The third-order valence-corrected chi connectivity index (χ3v) is 6.05. The molecule has 1 aromatic rings. The molecule has 1 aliphatic carbocycles. The molecular formula is C20H30N4O. The summed E-state index contributed by atoms with van der Waals surface area (Å²) in [6.07, 6.45) is 4.43. The number of hydrogen-bond acceptors (Lipinski definition) is 4. The van der Waals surface area contributed by atoms with Crippen molar-refractivity contribution in [3.05, 3.63) is 17.8 Å². The van der Waals surface area contributed by atoms with Crippen LogP contribution in [0, 0.1) is 5.41 Å². The Hall–Kier alpha value is -1.62. The minimum atomic E-state index is -0.0958. The number of amides is 1. The lowest BCUT2D eigenvalue weighted by molar-refractivity contribution is -0.121. The van der Waals surface area contributed by atoms with Crippen LogP contribution in [0.4, 0.5) is 11.5 Å². The number of pyridine rings is 1. The van der Waals surface area contributed by atoms with E-state index in [1.165, 1.54) is 18.4 Å². The van der Waals surface area contributed by atoms with Gasteiger partial charge in [0.2, 0.25) is 0 Å². The highest BCUT2D eigenvalue weighted by Gasteiger charge is 2.47. The van der Waals surface area contributed by atoms with Crippen molar-refractivity contribution < 1.29 is 4.79 Å². The van der Waals surface area contributed by atoms with Gasteiger partial charge in [-0.2, -0.15) is 0 Å². The van der Waals surface area contributed by atoms with Gasteiger partial charge in [-0.1, -0.05) is 27.7 Å². The molecule has 1 saturated heterocycles. The zero-order chi connectivity index (χ0) is 18.0. The van der Waals surface area contributed by atoms with Crippen LogP contribution < -0.4 is 9.80 Å². The van der Waals surface area contributed by atoms with E-state index in [0.29, 0.717) is 0 Å². The Balaban J connectivity index is 1.79. The molecule has 0 N–H and O–H groups in total. The van der Waals surface area contributed by atoms with Crippen molar-refractivity contribution >= 4 is 17.4 Å². The van der Waals surface area contributed by atoms with Gasteiger partial charge in [0, 0.05) is 32.4 Å². The molecule has 25 heavy (non-hydrogen) atoms. The maximum atomic E-state index is 13.4. The van der Waals surface area contributed by atoms with Crippen molar-refractivity contribution in [2.24, 2.45) is 5.41 Å². The predicted octanol–water partition coefficient (Wildman–Crippen LogP) is 2.65. The Morgan fingerprint density at radius 3 is 2.64 bits per heavy atom. The molecule has 2 aliphatic heterocycles. The number of aromatic nitrogens is 1. The second-order valence-electron chi connectivity index (χ2n) is 9.52. The Labute approximate surface area is 151 Å². The normalized spacial score (nSPS) is 25.6. The molecule has 136 valence electrons. The average Bonchev–Trinajstić information content (AvgIpc) is 3.27.